The highest BCUT2D eigenvalue weighted by Gasteiger charge is 2.44. The summed E-state index contributed by atoms with van der Waals surface area (Å²) in [5.74, 6) is -0.803. The van der Waals surface area contributed by atoms with Gasteiger partial charge in [0.2, 0.25) is 0 Å². The number of hydrogen-bond donors (Lipinski definition) is 2. The Morgan fingerprint density at radius 3 is 2.50 bits per heavy atom. The maximum absolute atomic E-state index is 14.5. The molecule has 4 rings (SSSR count). The minimum atomic E-state index is -4.02. The molecule has 2 aromatic carbocycles. The molecule has 2 N–H and O–H groups in total. The van der Waals surface area contributed by atoms with Crippen molar-refractivity contribution >= 4 is 32.2 Å². The van der Waals surface area contributed by atoms with Crippen LogP contribution in [0.4, 0.5) is 15.2 Å². The zero-order valence-corrected chi connectivity index (χ0v) is 15.3. The molecule has 3 aromatic rings. The topological polar surface area (TPSA) is 71.1 Å². The minimum absolute atomic E-state index is 0.201. The molecule has 1 aromatic heterocycles. The van der Waals surface area contributed by atoms with Gasteiger partial charge in [-0.3, -0.25) is 4.72 Å². The Kier molecular flexibility index (Phi) is 4.16. The van der Waals surface area contributed by atoms with E-state index in [1.54, 1.807) is 11.4 Å². The first-order chi connectivity index (χ1) is 12.5. The standard InChI is InChI=1S/C18H16FN3O2S2/c19-15-12-14(21-18(8-9-18)13-4-2-1-3-5-13)6-7-16(15)26(23,24)22-17-20-10-11-25-17/h1-7,10-12,21H,8-9H2,(H,20,22). The summed E-state index contributed by atoms with van der Waals surface area (Å²) in [7, 11) is -4.02. The van der Waals surface area contributed by atoms with Gasteiger partial charge in [0.25, 0.3) is 10.0 Å². The fourth-order valence-corrected chi connectivity index (χ4v) is 4.73. The summed E-state index contributed by atoms with van der Waals surface area (Å²) < 4.78 is 41.5. The van der Waals surface area contributed by atoms with Crippen molar-refractivity contribution < 1.29 is 12.8 Å². The van der Waals surface area contributed by atoms with Crippen LogP contribution in [0, 0.1) is 5.82 Å². The quantitative estimate of drug-likeness (QED) is 0.663. The van der Waals surface area contributed by atoms with Crippen molar-refractivity contribution in [2.45, 2.75) is 23.3 Å². The number of rotatable bonds is 6. The molecule has 1 fully saturated rings. The number of nitrogens with one attached hydrogen (secondary N) is 2. The molecule has 1 saturated carbocycles. The molecule has 0 unspecified atom stereocenters. The third-order valence-corrected chi connectivity index (χ3v) is 6.53. The predicted molar refractivity (Wildman–Crippen MR) is 100 cm³/mol. The summed E-state index contributed by atoms with van der Waals surface area (Å²) in [4.78, 5) is 3.46. The van der Waals surface area contributed by atoms with Crippen molar-refractivity contribution in [2.24, 2.45) is 0 Å². The molecule has 0 amide bonds. The Morgan fingerprint density at radius 2 is 1.88 bits per heavy atom. The summed E-state index contributed by atoms with van der Waals surface area (Å²) in [6.07, 6.45) is 3.37. The van der Waals surface area contributed by atoms with E-state index >= 15 is 0 Å². The van der Waals surface area contributed by atoms with Gasteiger partial charge >= 0.3 is 0 Å². The Hall–Kier alpha value is -2.45. The van der Waals surface area contributed by atoms with Crippen molar-refractivity contribution in [1.82, 2.24) is 4.98 Å². The molecule has 5 nitrogen and oxygen atoms in total. The Bertz CT molecular complexity index is 1020. The number of halogens is 1. The van der Waals surface area contributed by atoms with Crippen LogP contribution in [0.3, 0.4) is 0 Å². The van der Waals surface area contributed by atoms with E-state index in [0.717, 1.165) is 29.7 Å². The summed E-state index contributed by atoms with van der Waals surface area (Å²) >= 11 is 1.13. The molecule has 134 valence electrons. The molecule has 0 saturated heterocycles. The van der Waals surface area contributed by atoms with Crippen LogP contribution in [0.2, 0.25) is 0 Å². The van der Waals surface area contributed by atoms with E-state index in [0.29, 0.717) is 5.69 Å². The van der Waals surface area contributed by atoms with Crippen LogP contribution in [-0.2, 0) is 15.6 Å². The molecule has 1 aliphatic rings. The maximum Gasteiger partial charge on any atom is 0.266 e. The minimum Gasteiger partial charge on any atom is -0.375 e. The molecule has 26 heavy (non-hydrogen) atoms. The number of hydrogen-bond acceptors (Lipinski definition) is 5. The van der Waals surface area contributed by atoms with Gasteiger partial charge in [-0.05, 0) is 36.6 Å². The van der Waals surface area contributed by atoms with Crippen LogP contribution in [0.25, 0.3) is 0 Å². The van der Waals surface area contributed by atoms with E-state index in [4.69, 9.17) is 0 Å². The fourth-order valence-electron chi connectivity index (χ4n) is 2.88. The summed E-state index contributed by atoms with van der Waals surface area (Å²) in [5, 5.41) is 5.19. The van der Waals surface area contributed by atoms with Crippen molar-refractivity contribution in [3.63, 3.8) is 0 Å². The van der Waals surface area contributed by atoms with Gasteiger partial charge in [-0.2, -0.15) is 0 Å². The Labute approximate surface area is 155 Å². The molecule has 0 atom stereocenters. The third-order valence-electron chi connectivity index (χ3n) is 4.34. The summed E-state index contributed by atoms with van der Waals surface area (Å²) in [6, 6.07) is 14.0. The van der Waals surface area contributed by atoms with Gasteiger partial charge in [0, 0.05) is 17.3 Å². The van der Waals surface area contributed by atoms with E-state index in [-0.39, 0.29) is 10.7 Å². The van der Waals surface area contributed by atoms with Crippen LogP contribution >= 0.6 is 11.3 Å². The van der Waals surface area contributed by atoms with E-state index in [1.165, 1.54) is 18.3 Å². The van der Waals surface area contributed by atoms with E-state index < -0.39 is 20.7 Å². The molecule has 8 heteroatoms. The molecule has 1 heterocycles. The number of anilines is 2. The van der Waals surface area contributed by atoms with Crippen LogP contribution in [0.15, 0.2) is 65.0 Å². The molecular formula is C18H16FN3O2S2. The normalized spacial score (nSPS) is 15.4. The van der Waals surface area contributed by atoms with Crippen LogP contribution < -0.4 is 10.0 Å². The number of thiazole rings is 1. The second kappa shape index (κ2) is 6.37. The number of aromatic nitrogens is 1. The number of nitrogens with zero attached hydrogens (tertiary/aromatic N) is 1. The molecule has 0 aliphatic heterocycles. The highest BCUT2D eigenvalue weighted by molar-refractivity contribution is 7.93. The lowest BCUT2D eigenvalue weighted by atomic mass is 10.0. The van der Waals surface area contributed by atoms with Gasteiger partial charge < -0.3 is 5.32 Å². The first kappa shape index (κ1) is 17.0. The Balaban J connectivity index is 1.57. The van der Waals surface area contributed by atoms with Crippen molar-refractivity contribution in [1.29, 1.82) is 0 Å². The molecule has 0 bridgehead atoms. The van der Waals surface area contributed by atoms with Crippen molar-refractivity contribution in [3.05, 3.63) is 71.5 Å². The van der Waals surface area contributed by atoms with E-state index in [9.17, 15) is 12.8 Å². The van der Waals surface area contributed by atoms with Gasteiger partial charge in [-0.15, -0.1) is 11.3 Å². The zero-order chi connectivity index (χ0) is 18.2. The maximum atomic E-state index is 14.5. The molecule has 0 radical (unpaired) electrons. The summed E-state index contributed by atoms with van der Waals surface area (Å²) in [6.45, 7) is 0. The second-order valence-electron chi connectivity index (χ2n) is 6.16. The van der Waals surface area contributed by atoms with Gasteiger partial charge in [0.05, 0.1) is 5.54 Å². The van der Waals surface area contributed by atoms with Crippen LogP contribution in [0.5, 0.6) is 0 Å². The van der Waals surface area contributed by atoms with Gasteiger partial charge in [-0.1, -0.05) is 30.3 Å². The first-order valence-electron chi connectivity index (χ1n) is 8.04. The van der Waals surface area contributed by atoms with Gasteiger partial charge in [-0.25, -0.2) is 17.8 Å². The van der Waals surface area contributed by atoms with Crippen LogP contribution in [-0.4, -0.2) is 13.4 Å². The van der Waals surface area contributed by atoms with Crippen molar-refractivity contribution in [3.8, 4) is 0 Å². The van der Waals surface area contributed by atoms with Crippen molar-refractivity contribution in [2.75, 3.05) is 10.0 Å². The average Bonchev–Trinajstić information content (AvgIpc) is 3.22. The monoisotopic (exact) mass is 389 g/mol. The number of benzene rings is 2. The fraction of sp³-hybridized carbons (Fsp3) is 0.167. The largest absolute Gasteiger partial charge is 0.375 e. The van der Waals surface area contributed by atoms with Crippen LogP contribution in [0.1, 0.15) is 18.4 Å². The smallest absolute Gasteiger partial charge is 0.266 e. The van der Waals surface area contributed by atoms with Gasteiger partial charge in [0.1, 0.15) is 10.7 Å². The molecular weight excluding hydrogens is 373 g/mol. The Morgan fingerprint density at radius 1 is 1.12 bits per heavy atom. The molecule has 1 aliphatic carbocycles. The highest BCUT2D eigenvalue weighted by Crippen LogP contribution is 2.48. The zero-order valence-electron chi connectivity index (χ0n) is 13.6. The summed E-state index contributed by atoms with van der Waals surface area (Å²) in [5.41, 5.74) is 1.49. The average molecular weight is 389 g/mol. The SMILES string of the molecule is O=S(=O)(Nc1nccs1)c1ccc(NC2(c3ccccc3)CC2)cc1F. The lowest BCUT2D eigenvalue weighted by molar-refractivity contribution is 0.570. The van der Waals surface area contributed by atoms with E-state index in [2.05, 4.69) is 15.0 Å². The lowest BCUT2D eigenvalue weighted by Crippen LogP contribution is -2.19. The number of sulfonamides is 1. The van der Waals surface area contributed by atoms with E-state index in [1.807, 2.05) is 30.3 Å². The highest BCUT2D eigenvalue weighted by atomic mass is 32.2. The molecule has 0 spiro atoms. The second-order valence-corrected chi connectivity index (χ2v) is 8.71. The first-order valence-corrected chi connectivity index (χ1v) is 10.4. The third kappa shape index (κ3) is 3.30. The van der Waals surface area contributed by atoms with Gasteiger partial charge in [0.15, 0.2) is 5.13 Å². The lowest BCUT2D eigenvalue weighted by Gasteiger charge is -2.20. The predicted octanol–water partition coefficient (Wildman–Crippen LogP) is 4.18.